The van der Waals surface area contributed by atoms with Crippen molar-refractivity contribution in [2.45, 2.75) is 38.3 Å². The molecule has 1 N–H and O–H groups in total. The van der Waals surface area contributed by atoms with Crippen LogP contribution in [0.1, 0.15) is 26.2 Å². The van der Waals surface area contributed by atoms with Gasteiger partial charge in [-0.05, 0) is 39.4 Å². The molecule has 3 atom stereocenters. The van der Waals surface area contributed by atoms with Gasteiger partial charge < -0.3 is 10.2 Å². The highest BCUT2D eigenvalue weighted by atomic mass is 15.2. The Labute approximate surface area is 100 Å². The van der Waals surface area contributed by atoms with E-state index in [0.717, 1.165) is 18.0 Å². The van der Waals surface area contributed by atoms with Crippen LogP contribution in [0.5, 0.6) is 0 Å². The van der Waals surface area contributed by atoms with Gasteiger partial charge in [0, 0.05) is 31.7 Å². The van der Waals surface area contributed by atoms with Crippen LogP contribution in [0.25, 0.3) is 0 Å². The summed E-state index contributed by atoms with van der Waals surface area (Å²) in [5, 5.41) is 3.65. The van der Waals surface area contributed by atoms with Crippen LogP contribution in [-0.2, 0) is 0 Å². The molecule has 0 spiro atoms. The fraction of sp³-hybridized carbons (Fsp3) is 1.00. The molecule has 94 valence electrons. The van der Waals surface area contributed by atoms with E-state index in [1.165, 1.54) is 45.4 Å². The summed E-state index contributed by atoms with van der Waals surface area (Å²) in [5.41, 5.74) is 0. The molecule has 2 aliphatic rings. The third kappa shape index (κ3) is 2.96. The molecular weight excluding hydrogens is 198 g/mol. The number of nitrogens with one attached hydrogen (secondary N) is 1. The lowest BCUT2D eigenvalue weighted by Crippen LogP contribution is -2.43. The zero-order valence-corrected chi connectivity index (χ0v) is 11.1. The first-order chi connectivity index (χ1) is 7.66. The maximum atomic E-state index is 3.65. The molecule has 2 rings (SSSR count). The van der Waals surface area contributed by atoms with Crippen molar-refractivity contribution in [3.63, 3.8) is 0 Å². The largest absolute Gasteiger partial charge is 0.313 e. The monoisotopic (exact) mass is 225 g/mol. The Morgan fingerprint density at radius 2 is 2.06 bits per heavy atom. The van der Waals surface area contributed by atoms with Gasteiger partial charge in [-0.15, -0.1) is 0 Å². The zero-order valence-electron chi connectivity index (χ0n) is 11.1. The first-order valence-electron chi connectivity index (χ1n) is 6.79. The number of hydrogen-bond donors (Lipinski definition) is 1. The van der Waals surface area contributed by atoms with Crippen molar-refractivity contribution in [1.82, 2.24) is 15.1 Å². The summed E-state index contributed by atoms with van der Waals surface area (Å²) in [4.78, 5) is 5.04. The van der Waals surface area contributed by atoms with E-state index in [1.54, 1.807) is 0 Å². The molecule has 3 heteroatoms. The van der Waals surface area contributed by atoms with Crippen molar-refractivity contribution in [1.29, 1.82) is 0 Å². The molecule has 2 fully saturated rings. The molecule has 3 nitrogen and oxygen atoms in total. The van der Waals surface area contributed by atoms with Gasteiger partial charge in [-0.2, -0.15) is 0 Å². The SMILES string of the molecule is CC1CN(CC2CCCCN2)CC1N(C)C. The smallest absolute Gasteiger partial charge is 0.0254 e. The summed E-state index contributed by atoms with van der Waals surface area (Å²) in [7, 11) is 4.42. The van der Waals surface area contributed by atoms with Crippen LogP contribution in [0.2, 0.25) is 0 Å². The molecule has 2 aliphatic heterocycles. The maximum absolute atomic E-state index is 3.65. The minimum atomic E-state index is 0.752. The molecule has 16 heavy (non-hydrogen) atoms. The molecule has 2 saturated heterocycles. The highest BCUT2D eigenvalue weighted by Crippen LogP contribution is 2.21. The van der Waals surface area contributed by atoms with Gasteiger partial charge in [0.1, 0.15) is 0 Å². The second-order valence-electron chi connectivity index (χ2n) is 5.87. The third-order valence-electron chi connectivity index (χ3n) is 4.20. The van der Waals surface area contributed by atoms with Crippen LogP contribution in [0.15, 0.2) is 0 Å². The third-order valence-corrected chi connectivity index (χ3v) is 4.20. The van der Waals surface area contributed by atoms with E-state index < -0.39 is 0 Å². The second-order valence-corrected chi connectivity index (χ2v) is 5.87. The Morgan fingerprint density at radius 3 is 2.62 bits per heavy atom. The van der Waals surface area contributed by atoms with Crippen molar-refractivity contribution < 1.29 is 0 Å². The predicted molar refractivity (Wildman–Crippen MR) is 68.7 cm³/mol. The molecule has 0 aromatic rings. The van der Waals surface area contributed by atoms with Crippen LogP contribution in [-0.4, -0.2) is 62.2 Å². The fourth-order valence-corrected chi connectivity index (χ4v) is 3.26. The highest BCUT2D eigenvalue weighted by molar-refractivity contribution is 4.88. The van der Waals surface area contributed by atoms with E-state index in [1.807, 2.05) is 0 Å². The van der Waals surface area contributed by atoms with Crippen LogP contribution in [0.3, 0.4) is 0 Å². The summed E-state index contributed by atoms with van der Waals surface area (Å²) in [5.74, 6) is 0.818. The molecule has 0 aromatic heterocycles. The number of likely N-dealkylation sites (tertiary alicyclic amines) is 1. The summed E-state index contributed by atoms with van der Waals surface area (Å²) in [6.45, 7) is 7.41. The average Bonchev–Trinajstić information content (AvgIpc) is 2.61. The van der Waals surface area contributed by atoms with E-state index >= 15 is 0 Å². The van der Waals surface area contributed by atoms with Gasteiger partial charge in [0.25, 0.3) is 0 Å². The Hall–Kier alpha value is -0.120. The van der Waals surface area contributed by atoms with Gasteiger partial charge in [-0.25, -0.2) is 0 Å². The quantitative estimate of drug-likeness (QED) is 0.773. The lowest BCUT2D eigenvalue weighted by molar-refractivity contribution is 0.233. The Kier molecular flexibility index (Phi) is 4.22. The summed E-state index contributed by atoms with van der Waals surface area (Å²) in [6, 6.07) is 1.51. The lowest BCUT2D eigenvalue weighted by Gasteiger charge is -2.28. The van der Waals surface area contributed by atoms with Gasteiger partial charge >= 0.3 is 0 Å². The first-order valence-corrected chi connectivity index (χ1v) is 6.79. The van der Waals surface area contributed by atoms with Crippen LogP contribution in [0.4, 0.5) is 0 Å². The van der Waals surface area contributed by atoms with Gasteiger partial charge in [0.2, 0.25) is 0 Å². The minimum Gasteiger partial charge on any atom is -0.313 e. The standard InChI is InChI=1S/C13H27N3/c1-11-8-16(10-13(11)15(2)3)9-12-6-4-5-7-14-12/h11-14H,4-10H2,1-3H3. The maximum Gasteiger partial charge on any atom is 0.0254 e. The number of hydrogen-bond acceptors (Lipinski definition) is 3. The molecule has 0 radical (unpaired) electrons. The van der Waals surface area contributed by atoms with Crippen molar-refractivity contribution in [3.05, 3.63) is 0 Å². The second kappa shape index (κ2) is 5.48. The first kappa shape index (κ1) is 12.3. The Morgan fingerprint density at radius 1 is 1.25 bits per heavy atom. The van der Waals surface area contributed by atoms with Crippen LogP contribution in [0, 0.1) is 5.92 Å². The van der Waals surface area contributed by atoms with Crippen LogP contribution < -0.4 is 5.32 Å². The molecule has 2 heterocycles. The molecule has 0 saturated carbocycles. The summed E-state index contributed by atoms with van der Waals surface area (Å²) < 4.78 is 0. The number of piperidine rings is 1. The van der Waals surface area contributed by atoms with E-state index in [9.17, 15) is 0 Å². The van der Waals surface area contributed by atoms with E-state index in [4.69, 9.17) is 0 Å². The number of likely N-dealkylation sites (N-methyl/N-ethyl adjacent to an activating group) is 1. The van der Waals surface area contributed by atoms with E-state index in [2.05, 4.69) is 36.1 Å². The van der Waals surface area contributed by atoms with Gasteiger partial charge in [0.15, 0.2) is 0 Å². The van der Waals surface area contributed by atoms with Gasteiger partial charge in [-0.1, -0.05) is 13.3 Å². The van der Waals surface area contributed by atoms with Crippen molar-refractivity contribution >= 4 is 0 Å². The van der Waals surface area contributed by atoms with Crippen molar-refractivity contribution in [2.24, 2.45) is 5.92 Å². The van der Waals surface area contributed by atoms with Gasteiger partial charge in [0.05, 0.1) is 0 Å². The van der Waals surface area contributed by atoms with E-state index in [-0.39, 0.29) is 0 Å². The van der Waals surface area contributed by atoms with Crippen molar-refractivity contribution in [3.8, 4) is 0 Å². The minimum absolute atomic E-state index is 0.752. The average molecular weight is 225 g/mol. The topological polar surface area (TPSA) is 18.5 Å². The van der Waals surface area contributed by atoms with Gasteiger partial charge in [-0.3, -0.25) is 4.90 Å². The van der Waals surface area contributed by atoms with Crippen LogP contribution >= 0.6 is 0 Å². The Balaban J connectivity index is 1.78. The molecule has 0 aromatic carbocycles. The van der Waals surface area contributed by atoms with E-state index in [0.29, 0.717) is 0 Å². The normalized spacial score (nSPS) is 37.1. The summed E-state index contributed by atoms with van der Waals surface area (Å²) in [6.07, 6.45) is 4.16. The fourth-order valence-electron chi connectivity index (χ4n) is 3.26. The molecule has 0 bridgehead atoms. The highest BCUT2D eigenvalue weighted by Gasteiger charge is 2.31. The number of nitrogens with zero attached hydrogens (tertiary/aromatic N) is 2. The summed E-state index contributed by atoms with van der Waals surface area (Å²) >= 11 is 0. The molecule has 0 amide bonds. The predicted octanol–water partition coefficient (Wildman–Crippen LogP) is 1.01. The van der Waals surface area contributed by atoms with Crippen molar-refractivity contribution in [2.75, 3.05) is 40.3 Å². The molecular formula is C13H27N3. The molecule has 0 aliphatic carbocycles. The lowest BCUT2D eigenvalue weighted by atomic mass is 10.0. The Bertz CT molecular complexity index is 211. The number of rotatable bonds is 3. The zero-order chi connectivity index (χ0) is 11.5. The molecule has 3 unspecified atom stereocenters.